The molecule has 0 radical (unpaired) electrons. The Labute approximate surface area is 147 Å². The molecule has 0 bridgehead atoms. The molecule has 128 valence electrons. The van der Waals surface area contributed by atoms with Crippen LogP contribution in [0.5, 0.6) is 0 Å². The maximum Gasteiger partial charge on any atom is 0.228 e. The maximum atomic E-state index is 12.6. The molecule has 0 unspecified atom stereocenters. The number of aliphatic hydroxyl groups excluding tert-OH is 1. The highest BCUT2D eigenvalue weighted by atomic mass is 16.3. The number of nitrogens with zero attached hydrogens (tertiary/aromatic N) is 1. The summed E-state index contributed by atoms with van der Waals surface area (Å²) in [6.45, 7) is 5.87. The van der Waals surface area contributed by atoms with Crippen molar-refractivity contribution in [3.05, 3.63) is 70.4 Å². The number of fused-ring (bicyclic) bond motifs is 1. The van der Waals surface area contributed by atoms with Crippen LogP contribution in [0.15, 0.2) is 42.5 Å². The highest BCUT2D eigenvalue weighted by Crippen LogP contribution is 2.24. The van der Waals surface area contributed by atoms with Crippen LogP contribution < -0.4 is 5.32 Å². The summed E-state index contributed by atoms with van der Waals surface area (Å²) in [6.07, 6.45) is 0.276. The van der Waals surface area contributed by atoms with Gasteiger partial charge in [0.05, 0.1) is 18.5 Å². The number of benzene rings is 2. The molecular weight excluding hydrogens is 312 g/mol. The van der Waals surface area contributed by atoms with E-state index >= 15 is 0 Å². The van der Waals surface area contributed by atoms with Crippen LogP contribution in [0.2, 0.25) is 0 Å². The Morgan fingerprint density at radius 3 is 2.64 bits per heavy atom. The van der Waals surface area contributed by atoms with Crippen LogP contribution in [0, 0.1) is 20.8 Å². The lowest BCUT2D eigenvalue weighted by Gasteiger charge is -2.14. The standard InChI is InChI=1S/C21H22N2O2/c1-13-8-9-16(12-24)10-20(13)23-21(25)11-18-14(2)17-6-4-5-7-19(17)22-15(18)3/h4-10,24H,11-12H2,1-3H3,(H,23,25). The van der Waals surface area contributed by atoms with Crippen molar-refractivity contribution >= 4 is 22.5 Å². The predicted octanol–water partition coefficient (Wildman–Crippen LogP) is 3.83. The lowest BCUT2D eigenvalue weighted by molar-refractivity contribution is -0.115. The second-order valence-electron chi connectivity index (χ2n) is 6.35. The van der Waals surface area contributed by atoms with Gasteiger partial charge < -0.3 is 10.4 Å². The van der Waals surface area contributed by atoms with Crippen molar-refractivity contribution in [1.29, 1.82) is 0 Å². The number of para-hydroxylation sites is 1. The average Bonchev–Trinajstić information content (AvgIpc) is 2.60. The minimum absolute atomic E-state index is 0.0457. The zero-order valence-electron chi connectivity index (χ0n) is 14.8. The van der Waals surface area contributed by atoms with Crippen LogP contribution in [-0.2, 0) is 17.8 Å². The van der Waals surface area contributed by atoms with E-state index < -0.39 is 0 Å². The second kappa shape index (κ2) is 7.03. The summed E-state index contributed by atoms with van der Waals surface area (Å²) in [6, 6.07) is 13.5. The van der Waals surface area contributed by atoms with E-state index in [1.165, 1.54) is 0 Å². The number of carbonyl (C=O) groups excluding carboxylic acids is 1. The summed E-state index contributed by atoms with van der Waals surface area (Å²) < 4.78 is 0. The Hall–Kier alpha value is -2.72. The summed E-state index contributed by atoms with van der Waals surface area (Å²) in [7, 11) is 0. The van der Waals surface area contributed by atoms with E-state index in [1.807, 2.05) is 63.2 Å². The third kappa shape index (κ3) is 3.54. The van der Waals surface area contributed by atoms with Crippen molar-refractivity contribution < 1.29 is 9.90 Å². The normalized spacial score (nSPS) is 10.9. The molecule has 1 amide bonds. The van der Waals surface area contributed by atoms with Crippen LogP contribution in [0.4, 0.5) is 5.69 Å². The van der Waals surface area contributed by atoms with Crippen molar-refractivity contribution in [3.8, 4) is 0 Å². The Kier molecular flexibility index (Phi) is 4.81. The van der Waals surface area contributed by atoms with Crippen molar-refractivity contribution in [2.45, 2.75) is 33.8 Å². The first-order valence-corrected chi connectivity index (χ1v) is 8.34. The molecule has 25 heavy (non-hydrogen) atoms. The number of aliphatic hydroxyl groups is 1. The van der Waals surface area contributed by atoms with Crippen molar-refractivity contribution in [1.82, 2.24) is 4.98 Å². The second-order valence-corrected chi connectivity index (χ2v) is 6.35. The van der Waals surface area contributed by atoms with Gasteiger partial charge in [0, 0.05) is 16.8 Å². The van der Waals surface area contributed by atoms with E-state index in [0.29, 0.717) is 0 Å². The van der Waals surface area contributed by atoms with Gasteiger partial charge in [-0.1, -0.05) is 30.3 Å². The highest BCUT2D eigenvalue weighted by Gasteiger charge is 2.14. The molecule has 0 saturated heterocycles. The van der Waals surface area contributed by atoms with E-state index in [1.54, 1.807) is 0 Å². The first-order chi connectivity index (χ1) is 12.0. The van der Waals surface area contributed by atoms with E-state index in [9.17, 15) is 9.90 Å². The van der Waals surface area contributed by atoms with Gasteiger partial charge in [-0.25, -0.2) is 0 Å². The van der Waals surface area contributed by atoms with Crippen LogP contribution >= 0.6 is 0 Å². The molecule has 0 aliphatic heterocycles. The topological polar surface area (TPSA) is 62.2 Å². The number of hydrogen-bond donors (Lipinski definition) is 2. The van der Waals surface area contributed by atoms with Crippen LogP contribution in [0.1, 0.15) is 27.9 Å². The lowest BCUT2D eigenvalue weighted by Crippen LogP contribution is -2.17. The molecule has 3 rings (SSSR count). The average molecular weight is 334 g/mol. The molecular formula is C21H22N2O2. The molecule has 0 saturated carbocycles. The summed E-state index contributed by atoms with van der Waals surface area (Å²) in [4.78, 5) is 17.2. The number of carbonyl (C=O) groups is 1. The van der Waals surface area contributed by atoms with Gasteiger partial charge in [-0.05, 0) is 55.2 Å². The van der Waals surface area contributed by atoms with E-state index in [-0.39, 0.29) is 18.9 Å². The summed E-state index contributed by atoms with van der Waals surface area (Å²) in [5.74, 6) is -0.0820. The SMILES string of the molecule is Cc1ccc(CO)cc1NC(=O)Cc1c(C)nc2ccccc2c1C. The molecule has 1 heterocycles. The van der Waals surface area contributed by atoms with Crippen LogP contribution in [0.3, 0.4) is 0 Å². The maximum absolute atomic E-state index is 12.6. The number of aryl methyl sites for hydroxylation is 3. The number of hydrogen-bond acceptors (Lipinski definition) is 3. The van der Waals surface area contributed by atoms with E-state index in [2.05, 4.69) is 10.3 Å². The molecule has 0 fully saturated rings. The predicted molar refractivity (Wildman–Crippen MR) is 101 cm³/mol. The quantitative estimate of drug-likeness (QED) is 0.762. The number of anilines is 1. The fourth-order valence-electron chi connectivity index (χ4n) is 3.09. The Morgan fingerprint density at radius 2 is 1.88 bits per heavy atom. The number of rotatable bonds is 4. The van der Waals surface area contributed by atoms with Gasteiger partial charge >= 0.3 is 0 Å². The monoisotopic (exact) mass is 334 g/mol. The van der Waals surface area contributed by atoms with E-state index in [4.69, 9.17) is 0 Å². The molecule has 0 aliphatic rings. The van der Waals surface area contributed by atoms with Gasteiger partial charge in [-0.2, -0.15) is 0 Å². The molecule has 0 spiro atoms. The molecule has 4 nitrogen and oxygen atoms in total. The molecule has 3 aromatic rings. The number of pyridine rings is 1. The van der Waals surface area contributed by atoms with Gasteiger partial charge in [0.1, 0.15) is 0 Å². The number of aromatic nitrogens is 1. The summed E-state index contributed by atoms with van der Waals surface area (Å²) in [5.41, 5.74) is 6.38. The van der Waals surface area contributed by atoms with Crippen molar-refractivity contribution in [3.63, 3.8) is 0 Å². The minimum atomic E-state index is -0.0820. The zero-order valence-corrected chi connectivity index (χ0v) is 14.8. The summed E-state index contributed by atoms with van der Waals surface area (Å²) in [5, 5.41) is 13.3. The fourth-order valence-corrected chi connectivity index (χ4v) is 3.09. The third-order valence-electron chi connectivity index (χ3n) is 4.58. The molecule has 1 aromatic heterocycles. The summed E-state index contributed by atoms with van der Waals surface area (Å²) >= 11 is 0. The van der Waals surface area contributed by atoms with Gasteiger partial charge in [0.25, 0.3) is 0 Å². The Balaban J connectivity index is 1.88. The molecule has 0 aliphatic carbocycles. The van der Waals surface area contributed by atoms with Gasteiger partial charge in [0.2, 0.25) is 5.91 Å². The number of amides is 1. The van der Waals surface area contributed by atoms with Gasteiger partial charge in [-0.15, -0.1) is 0 Å². The smallest absolute Gasteiger partial charge is 0.228 e. The molecule has 4 heteroatoms. The highest BCUT2D eigenvalue weighted by molar-refractivity contribution is 5.94. The molecule has 0 atom stereocenters. The van der Waals surface area contributed by atoms with Crippen molar-refractivity contribution in [2.24, 2.45) is 0 Å². The van der Waals surface area contributed by atoms with Gasteiger partial charge in [0.15, 0.2) is 0 Å². The number of nitrogens with one attached hydrogen (secondary N) is 1. The minimum Gasteiger partial charge on any atom is -0.392 e. The molecule has 2 aromatic carbocycles. The Bertz CT molecular complexity index is 948. The van der Waals surface area contributed by atoms with Crippen LogP contribution in [-0.4, -0.2) is 16.0 Å². The van der Waals surface area contributed by atoms with Crippen LogP contribution in [0.25, 0.3) is 10.9 Å². The first-order valence-electron chi connectivity index (χ1n) is 8.34. The lowest BCUT2D eigenvalue weighted by atomic mass is 9.99. The van der Waals surface area contributed by atoms with Crippen molar-refractivity contribution in [2.75, 3.05) is 5.32 Å². The first kappa shape index (κ1) is 17.1. The fraction of sp³-hybridized carbons (Fsp3) is 0.238. The zero-order chi connectivity index (χ0) is 18.0. The third-order valence-corrected chi connectivity index (χ3v) is 4.58. The largest absolute Gasteiger partial charge is 0.392 e. The van der Waals surface area contributed by atoms with Gasteiger partial charge in [-0.3, -0.25) is 9.78 Å². The van der Waals surface area contributed by atoms with E-state index in [0.717, 1.165) is 44.5 Å². The Morgan fingerprint density at radius 1 is 1.12 bits per heavy atom. The molecule has 2 N–H and O–H groups in total.